The van der Waals surface area contributed by atoms with Crippen LogP contribution in [0.5, 0.6) is 0 Å². The molecule has 0 heterocycles. The van der Waals surface area contributed by atoms with Crippen molar-refractivity contribution in [2.75, 3.05) is 13.2 Å². The van der Waals surface area contributed by atoms with Crippen LogP contribution in [0.25, 0.3) is 0 Å². The van der Waals surface area contributed by atoms with Gasteiger partial charge in [-0.25, -0.2) is 0 Å². The smallest absolute Gasteiger partial charge is 0.0488 e. The second-order valence-corrected chi connectivity index (χ2v) is 5.77. The highest BCUT2D eigenvalue weighted by Crippen LogP contribution is 2.32. The third-order valence-corrected chi connectivity index (χ3v) is 3.81. The highest BCUT2D eigenvalue weighted by atomic mass is 16.5. The first-order valence-electron chi connectivity index (χ1n) is 6.96. The van der Waals surface area contributed by atoms with Crippen molar-refractivity contribution in [3.63, 3.8) is 0 Å². The molecule has 0 saturated heterocycles. The van der Waals surface area contributed by atoms with E-state index in [2.05, 4.69) is 20.8 Å². The molecule has 0 spiro atoms. The normalized spacial score (nSPS) is 30.9. The quantitative estimate of drug-likeness (QED) is 0.707. The van der Waals surface area contributed by atoms with Crippen molar-refractivity contribution < 1.29 is 4.74 Å². The highest BCUT2D eigenvalue weighted by molar-refractivity contribution is 4.81. The lowest BCUT2D eigenvalue weighted by atomic mass is 9.76. The molecule has 0 aromatic heterocycles. The molecule has 0 aromatic carbocycles. The van der Waals surface area contributed by atoms with E-state index in [0.29, 0.717) is 17.9 Å². The third kappa shape index (κ3) is 4.84. The van der Waals surface area contributed by atoms with Crippen molar-refractivity contribution in [2.24, 2.45) is 23.5 Å². The molecule has 1 fully saturated rings. The molecule has 0 aromatic rings. The first kappa shape index (κ1) is 14.0. The number of nitrogens with two attached hydrogens (primary N) is 1. The van der Waals surface area contributed by atoms with Crippen molar-refractivity contribution in [1.29, 1.82) is 0 Å². The van der Waals surface area contributed by atoms with Gasteiger partial charge in [0, 0.05) is 19.3 Å². The summed E-state index contributed by atoms with van der Waals surface area (Å²) in [6, 6.07) is 0.422. The maximum atomic E-state index is 6.18. The first-order chi connectivity index (χ1) is 7.63. The number of ether oxygens (including phenoxy) is 1. The van der Waals surface area contributed by atoms with Gasteiger partial charge >= 0.3 is 0 Å². The number of hydrogen-bond donors (Lipinski definition) is 1. The van der Waals surface area contributed by atoms with Gasteiger partial charge in [0.1, 0.15) is 0 Å². The molecule has 0 amide bonds. The SMILES string of the molecule is CCC1CCC(N)C(CCOCC(C)C)C1. The summed E-state index contributed by atoms with van der Waals surface area (Å²) in [5.74, 6) is 2.25. The van der Waals surface area contributed by atoms with Gasteiger partial charge in [-0.05, 0) is 43.4 Å². The zero-order valence-electron chi connectivity index (χ0n) is 11.2. The minimum Gasteiger partial charge on any atom is -0.381 e. The van der Waals surface area contributed by atoms with Crippen molar-refractivity contribution in [3.05, 3.63) is 0 Å². The van der Waals surface area contributed by atoms with Gasteiger partial charge < -0.3 is 10.5 Å². The van der Waals surface area contributed by atoms with Crippen LogP contribution in [0, 0.1) is 17.8 Å². The average Bonchev–Trinajstić information content (AvgIpc) is 2.26. The van der Waals surface area contributed by atoms with E-state index in [0.717, 1.165) is 25.6 Å². The fraction of sp³-hybridized carbons (Fsp3) is 1.00. The van der Waals surface area contributed by atoms with Crippen LogP contribution < -0.4 is 5.73 Å². The minimum absolute atomic E-state index is 0.422. The molecule has 1 rings (SSSR count). The second-order valence-electron chi connectivity index (χ2n) is 5.77. The monoisotopic (exact) mass is 227 g/mol. The van der Waals surface area contributed by atoms with Gasteiger partial charge in [-0.1, -0.05) is 27.2 Å². The van der Waals surface area contributed by atoms with Gasteiger partial charge in [0.2, 0.25) is 0 Å². The van der Waals surface area contributed by atoms with Gasteiger partial charge in [0.25, 0.3) is 0 Å². The summed E-state index contributed by atoms with van der Waals surface area (Å²) in [5, 5.41) is 0. The number of rotatable bonds is 6. The van der Waals surface area contributed by atoms with Crippen molar-refractivity contribution in [1.82, 2.24) is 0 Å². The fourth-order valence-corrected chi connectivity index (χ4v) is 2.64. The lowest BCUT2D eigenvalue weighted by molar-refractivity contribution is 0.0841. The van der Waals surface area contributed by atoms with Crippen LogP contribution in [0.1, 0.15) is 52.9 Å². The Balaban J connectivity index is 2.18. The molecule has 2 nitrogen and oxygen atoms in total. The molecule has 1 saturated carbocycles. The Bertz CT molecular complexity index is 182. The van der Waals surface area contributed by atoms with Crippen LogP contribution in [-0.2, 0) is 4.74 Å². The summed E-state index contributed by atoms with van der Waals surface area (Å²) in [5.41, 5.74) is 6.18. The molecule has 16 heavy (non-hydrogen) atoms. The van der Waals surface area contributed by atoms with Gasteiger partial charge in [-0.15, -0.1) is 0 Å². The Morgan fingerprint density at radius 2 is 2.06 bits per heavy atom. The van der Waals surface area contributed by atoms with E-state index in [1.165, 1.54) is 25.7 Å². The van der Waals surface area contributed by atoms with E-state index >= 15 is 0 Å². The molecular weight excluding hydrogens is 198 g/mol. The summed E-state index contributed by atoms with van der Waals surface area (Å²) < 4.78 is 5.66. The molecule has 2 heteroatoms. The second kappa shape index (κ2) is 7.29. The Morgan fingerprint density at radius 3 is 2.69 bits per heavy atom. The zero-order valence-corrected chi connectivity index (χ0v) is 11.2. The zero-order chi connectivity index (χ0) is 12.0. The third-order valence-electron chi connectivity index (χ3n) is 3.81. The van der Waals surface area contributed by atoms with E-state index in [-0.39, 0.29) is 0 Å². The predicted molar refractivity (Wildman–Crippen MR) is 69.4 cm³/mol. The Hall–Kier alpha value is -0.0800. The summed E-state index contributed by atoms with van der Waals surface area (Å²) in [4.78, 5) is 0. The highest BCUT2D eigenvalue weighted by Gasteiger charge is 2.26. The van der Waals surface area contributed by atoms with Gasteiger partial charge in [-0.3, -0.25) is 0 Å². The fourth-order valence-electron chi connectivity index (χ4n) is 2.64. The first-order valence-corrected chi connectivity index (χ1v) is 6.96. The van der Waals surface area contributed by atoms with E-state index in [4.69, 9.17) is 10.5 Å². The largest absolute Gasteiger partial charge is 0.381 e. The summed E-state index contributed by atoms with van der Waals surface area (Å²) >= 11 is 0. The predicted octanol–water partition coefficient (Wildman–Crippen LogP) is 3.20. The molecule has 0 bridgehead atoms. The van der Waals surface area contributed by atoms with Crippen LogP contribution in [0.3, 0.4) is 0 Å². The van der Waals surface area contributed by atoms with Gasteiger partial charge in [0.15, 0.2) is 0 Å². The van der Waals surface area contributed by atoms with Crippen LogP contribution in [-0.4, -0.2) is 19.3 Å². The van der Waals surface area contributed by atoms with Crippen LogP contribution in [0.4, 0.5) is 0 Å². The summed E-state index contributed by atoms with van der Waals surface area (Å²) in [7, 11) is 0. The number of hydrogen-bond acceptors (Lipinski definition) is 2. The van der Waals surface area contributed by atoms with E-state index in [1.807, 2.05) is 0 Å². The van der Waals surface area contributed by atoms with E-state index < -0.39 is 0 Å². The molecule has 0 aliphatic heterocycles. The molecule has 2 N–H and O–H groups in total. The van der Waals surface area contributed by atoms with Crippen molar-refractivity contribution >= 4 is 0 Å². The van der Waals surface area contributed by atoms with Crippen LogP contribution in [0.15, 0.2) is 0 Å². The topological polar surface area (TPSA) is 35.2 Å². The Labute approximate surface area is 101 Å². The van der Waals surface area contributed by atoms with Gasteiger partial charge in [0.05, 0.1) is 0 Å². The van der Waals surface area contributed by atoms with Crippen LogP contribution in [0.2, 0.25) is 0 Å². The van der Waals surface area contributed by atoms with E-state index in [1.54, 1.807) is 0 Å². The van der Waals surface area contributed by atoms with Crippen LogP contribution >= 0.6 is 0 Å². The lowest BCUT2D eigenvalue weighted by Gasteiger charge is -2.33. The minimum atomic E-state index is 0.422. The molecule has 1 aliphatic carbocycles. The molecule has 3 atom stereocenters. The lowest BCUT2D eigenvalue weighted by Crippen LogP contribution is -2.36. The molecular formula is C14H29NO. The standard InChI is InChI=1S/C14H29NO/c1-4-12-5-6-14(15)13(9-12)7-8-16-10-11(2)3/h11-14H,4-10,15H2,1-3H3. The van der Waals surface area contributed by atoms with Crippen molar-refractivity contribution in [2.45, 2.75) is 58.9 Å². The molecule has 0 radical (unpaired) electrons. The maximum absolute atomic E-state index is 6.18. The molecule has 3 unspecified atom stereocenters. The molecule has 96 valence electrons. The summed E-state index contributed by atoms with van der Waals surface area (Å²) in [6.07, 6.45) is 6.34. The summed E-state index contributed by atoms with van der Waals surface area (Å²) in [6.45, 7) is 8.47. The van der Waals surface area contributed by atoms with E-state index in [9.17, 15) is 0 Å². The molecule has 1 aliphatic rings. The van der Waals surface area contributed by atoms with Crippen molar-refractivity contribution in [3.8, 4) is 0 Å². The Kier molecular flexibility index (Phi) is 6.37. The maximum Gasteiger partial charge on any atom is 0.0488 e. The van der Waals surface area contributed by atoms with Gasteiger partial charge in [-0.2, -0.15) is 0 Å². The average molecular weight is 227 g/mol. The Morgan fingerprint density at radius 1 is 1.31 bits per heavy atom.